The van der Waals surface area contributed by atoms with Crippen LogP contribution in [0.2, 0.25) is 5.02 Å². The molecule has 4 nitrogen and oxygen atoms in total. The fraction of sp³-hybridized carbons (Fsp3) is 0. The third-order valence-electron chi connectivity index (χ3n) is 2.58. The van der Waals surface area contributed by atoms with Gasteiger partial charge in [0.05, 0.1) is 11.1 Å². The summed E-state index contributed by atoms with van der Waals surface area (Å²) in [4.78, 5) is 23.0. The van der Waals surface area contributed by atoms with E-state index >= 15 is 0 Å². The number of carboxylic acids is 1. The minimum Gasteiger partial charge on any atom is -0.478 e. The van der Waals surface area contributed by atoms with Gasteiger partial charge in [-0.1, -0.05) is 11.6 Å². The molecule has 108 valence electrons. The Bertz CT molecular complexity index is 736. The van der Waals surface area contributed by atoms with E-state index in [9.17, 15) is 14.0 Å². The van der Waals surface area contributed by atoms with E-state index in [2.05, 4.69) is 5.32 Å². The number of carbonyl (C=O) groups excluding carboxylic acids is 1. The molecule has 0 fully saturated rings. The van der Waals surface area contributed by atoms with Gasteiger partial charge in [-0.25, -0.2) is 9.18 Å². The summed E-state index contributed by atoms with van der Waals surface area (Å²) in [5.41, 5.74) is 0.505. The van der Waals surface area contributed by atoms with Crippen LogP contribution in [-0.2, 0) is 0 Å². The van der Waals surface area contributed by atoms with E-state index in [4.69, 9.17) is 16.7 Å². The SMILES string of the molecule is O=C(O)c1cc(Cl)cc(NC(=O)c2ccc(F)cc2I)c1. The second-order valence-electron chi connectivity index (χ2n) is 4.11. The maximum atomic E-state index is 13.0. The van der Waals surface area contributed by atoms with Gasteiger partial charge >= 0.3 is 5.97 Å². The van der Waals surface area contributed by atoms with Gasteiger partial charge < -0.3 is 10.4 Å². The third kappa shape index (κ3) is 3.92. The first-order valence-corrected chi connectivity index (χ1v) is 7.13. The molecule has 0 spiro atoms. The van der Waals surface area contributed by atoms with Gasteiger partial charge in [-0.05, 0) is 59.0 Å². The molecule has 21 heavy (non-hydrogen) atoms. The maximum absolute atomic E-state index is 13.0. The lowest BCUT2D eigenvalue weighted by Crippen LogP contribution is -2.14. The molecule has 0 saturated carbocycles. The van der Waals surface area contributed by atoms with Gasteiger partial charge in [0.1, 0.15) is 5.82 Å². The summed E-state index contributed by atoms with van der Waals surface area (Å²) in [6.45, 7) is 0. The topological polar surface area (TPSA) is 66.4 Å². The minimum atomic E-state index is -1.15. The summed E-state index contributed by atoms with van der Waals surface area (Å²) in [6.07, 6.45) is 0. The summed E-state index contributed by atoms with van der Waals surface area (Å²) < 4.78 is 13.5. The van der Waals surface area contributed by atoms with E-state index in [1.54, 1.807) is 0 Å². The molecule has 1 amide bonds. The number of hydrogen-bond donors (Lipinski definition) is 2. The first-order chi connectivity index (χ1) is 9.86. The quantitative estimate of drug-likeness (QED) is 0.738. The molecule has 2 N–H and O–H groups in total. The number of anilines is 1. The Morgan fingerprint density at radius 1 is 1.19 bits per heavy atom. The largest absolute Gasteiger partial charge is 0.478 e. The second-order valence-corrected chi connectivity index (χ2v) is 5.71. The van der Waals surface area contributed by atoms with Crippen LogP contribution < -0.4 is 5.32 Å². The summed E-state index contributed by atoms with van der Waals surface area (Å²) in [5.74, 6) is -2.06. The fourth-order valence-electron chi connectivity index (χ4n) is 1.66. The Labute approximate surface area is 138 Å². The first-order valence-electron chi connectivity index (χ1n) is 5.67. The van der Waals surface area contributed by atoms with E-state index in [0.29, 0.717) is 3.57 Å². The predicted molar refractivity (Wildman–Crippen MR) is 85.5 cm³/mol. The molecule has 0 aliphatic carbocycles. The lowest BCUT2D eigenvalue weighted by Gasteiger charge is -2.08. The highest BCUT2D eigenvalue weighted by Crippen LogP contribution is 2.21. The number of carboxylic acid groups (broad SMARTS) is 1. The van der Waals surface area contributed by atoms with Crippen molar-refractivity contribution in [3.63, 3.8) is 0 Å². The average molecular weight is 420 g/mol. The van der Waals surface area contributed by atoms with Crippen LogP contribution in [0.4, 0.5) is 10.1 Å². The third-order valence-corrected chi connectivity index (χ3v) is 3.69. The summed E-state index contributed by atoms with van der Waals surface area (Å²) in [6, 6.07) is 7.77. The lowest BCUT2D eigenvalue weighted by molar-refractivity contribution is 0.0696. The molecule has 7 heteroatoms. The molecule has 2 aromatic rings. The minimum absolute atomic E-state index is 0.0356. The van der Waals surface area contributed by atoms with Crippen LogP contribution in [0, 0.1) is 9.39 Å². The number of aromatic carboxylic acids is 1. The Hall–Kier alpha value is -1.67. The molecule has 0 heterocycles. The lowest BCUT2D eigenvalue weighted by atomic mass is 10.1. The van der Waals surface area contributed by atoms with Crippen molar-refractivity contribution in [3.05, 3.63) is 61.9 Å². The van der Waals surface area contributed by atoms with Crippen LogP contribution >= 0.6 is 34.2 Å². The maximum Gasteiger partial charge on any atom is 0.335 e. The van der Waals surface area contributed by atoms with Crippen molar-refractivity contribution in [2.45, 2.75) is 0 Å². The number of rotatable bonds is 3. The molecule has 0 aliphatic heterocycles. The van der Waals surface area contributed by atoms with Gasteiger partial charge in [0.25, 0.3) is 5.91 Å². The van der Waals surface area contributed by atoms with Crippen molar-refractivity contribution in [1.82, 2.24) is 0 Å². The monoisotopic (exact) mass is 419 g/mol. The fourth-order valence-corrected chi connectivity index (χ4v) is 2.61. The van der Waals surface area contributed by atoms with Crippen LogP contribution in [0.15, 0.2) is 36.4 Å². The highest BCUT2D eigenvalue weighted by Gasteiger charge is 2.13. The molecule has 0 bridgehead atoms. The van der Waals surface area contributed by atoms with E-state index in [-0.39, 0.29) is 21.8 Å². The van der Waals surface area contributed by atoms with Gasteiger partial charge in [0.15, 0.2) is 0 Å². The van der Waals surface area contributed by atoms with E-state index in [1.165, 1.54) is 36.4 Å². The zero-order valence-corrected chi connectivity index (χ0v) is 13.3. The molecular weight excluding hydrogens is 412 g/mol. The van der Waals surface area contributed by atoms with Crippen LogP contribution in [0.5, 0.6) is 0 Å². The van der Waals surface area contributed by atoms with Gasteiger partial charge in [0, 0.05) is 14.3 Å². The Balaban J connectivity index is 2.29. The summed E-state index contributed by atoms with van der Waals surface area (Å²) in [5, 5.41) is 11.7. The molecular formula is C14H8ClFINO3. The van der Waals surface area contributed by atoms with Gasteiger partial charge in [-0.2, -0.15) is 0 Å². The number of amides is 1. The zero-order valence-electron chi connectivity index (χ0n) is 10.4. The molecule has 0 saturated heterocycles. The summed E-state index contributed by atoms with van der Waals surface area (Å²) >= 11 is 7.66. The number of carbonyl (C=O) groups is 2. The highest BCUT2D eigenvalue weighted by atomic mass is 127. The smallest absolute Gasteiger partial charge is 0.335 e. The zero-order chi connectivity index (χ0) is 15.6. The van der Waals surface area contributed by atoms with Crippen LogP contribution in [-0.4, -0.2) is 17.0 Å². The van der Waals surface area contributed by atoms with Crippen LogP contribution in [0.25, 0.3) is 0 Å². The highest BCUT2D eigenvalue weighted by molar-refractivity contribution is 14.1. The van der Waals surface area contributed by atoms with E-state index < -0.39 is 17.7 Å². The van der Waals surface area contributed by atoms with Crippen molar-refractivity contribution >= 4 is 51.8 Å². The number of halogens is 3. The van der Waals surface area contributed by atoms with Crippen molar-refractivity contribution in [2.24, 2.45) is 0 Å². The Morgan fingerprint density at radius 2 is 1.90 bits per heavy atom. The average Bonchev–Trinajstić information content (AvgIpc) is 2.37. The van der Waals surface area contributed by atoms with Crippen molar-refractivity contribution in [2.75, 3.05) is 5.32 Å². The normalized spacial score (nSPS) is 10.2. The standard InChI is InChI=1S/C14H8ClFINO3/c15-8-3-7(14(20)21)4-10(5-8)18-13(19)11-2-1-9(16)6-12(11)17/h1-6H,(H,18,19)(H,20,21). The summed E-state index contributed by atoms with van der Waals surface area (Å²) in [7, 11) is 0. The molecule has 0 radical (unpaired) electrons. The molecule has 0 aromatic heterocycles. The molecule has 2 rings (SSSR count). The number of hydrogen-bond acceptors (Lipinski definition) is 2. The van der Waals surface area contributed by atoms with Crippen molar-refractivity contribution in [3.8, 4) is 0 Å². The molecule has 0 atom stereocenters. The molecule has 0 unspecified atom stereocenters. The predicted octanol–water partition coefficient (Wildman–Crippen LogP) is 4.03. The van der Waals surface area contributed by atoms with Gasteiger partial charge in [-0.15, -0.1) is 0 Å². The van der Waals surface area contributed by atoms with Gasteiger partial charge in [-0.3, -0.25) is 4.79 Å². The Kier molecular flexibility index (Phi) is 4.79. The van der Waals surface area contributed by atoms with E-state index in [0.717, 1.165) is 0 Å². The second kappa shape index (κ2) is 6.40. The number of benzene rings is 2. The first kappa shape index (κ1) is 15.7. The van der Waals surface area contributed by atoms with Crippen LogP contribution in [0.1, 0.15) is 20.7 Å². The van der Waals surface area contributed by atoms with Crippen molar-refractivity contribution < 1.29 is 19.1 Å². The van der Waals surface area contributed by atoms with Gasteiger partial charge in [0.2, 0.25) is 0 Å². The van der Waals surface area contributed by atoms with E-state index in [1.807, 2.05) is 22.6 Å². The van der Waals surface area contributed by atoms with Crippen molar-refractivity contribution in [1.29, 1.82) is 0 Å². The molecule has 2 aromatic carbocycles. The number of nitrogens with one attached hydrogen (secondary N) is 1. The Morgan fingerprint density at radius 3 is 2.52 bits per heavy atom. The van der Waals surface area contributed by atoms with Crippen LogP contribution in [0.3, 0.4) is 0 Å². The molecule has 0 aliphatic rings.